The maximum absolute atomic E-state index is 13.1. The summed E-state index contributed by atoms with van der Waals surface area (Å²) in [5, 5.41) is 8.33. The second kappa shape index (κ2) is 8.67. The predicted molar refractivity (Wildman–Crippen MR) is 138 cm³/mol. The summed E-state index contributed by atoms with van der Waals surface area (Å²) < 4.78 is 32.2. The minimum absolute atomic E-state index is 0.0949. The van der Waals surface area contributed by atoms with Crippen LogP contribution < -0.4 is 5.73 Å². The van der Waals surface area contributed by atoms with E-state index < -0.39 is 10.1 Å². The average molecular weight is 503 g/mol. The van der Waals surface area contributed by atoms with Crippen LogP contribution in [-0.2, 0) is 14.3 Å². The van der Waals surface area contributed by atoms with Gasteiger partial charge in [0.2, 0.25) is 0 Å². The van der Waals surface area contributed by atoms with Crippen LogP contribution in [0.3, 0.4) is 0 Å². The van der Waals surface area contributed by atoms with E-state index in [4.69, 9.17) is 15.3 Å². The van der Waals surface area contributed by atoms with Gasteiger partial charge in [-0.2, -0.15) is 8.42 Å². The first kappa shape index (κ1) is 24.4. The van der Waals surface area contributed by atoms with Crippen LogP contribution in [0.1, 0.15) is 70.8 Å². The highest BCUT2D eigenvalue weighted by atomic mass is 32.2. The van der Waals surface area contributed by atoms with Crippen LogP contribution in [0.5, 0.6) is 0 Å². The smallest absolute Gasteiger partial charge is 0.297 e. The molecule has 0 heterocycles. The van der Waals surface area contributed by atoms with Crippen molar-refractivity contribution >= 4 is 27.0 Å². The van der Waals surface area contributed by atoms with Gasteiger partial charge in [-0.15, -0.1) is 0 Å². The first-order chi connectivity index (χ1) is 16.0. The zero-order valence-electron chi connectivity index (χ0n) is 20.5. The molecule has 0 saturated heterocycles. The average Bonchev–Trinajstić information content (AvgIpc) is 3.09. The molecule has 7 atom stereocenters. The number of nitrogens with two attached hydrogens (primary N) is 1. The Morgan fingerprint density at radius 2 is 1.82 bits per heavy atom. The van der Waals surface area contributed by atoms with E-state index in [1.165, 1.54) is 11.8 Å². The molecule has 7 heteroatoms. The van der Waals surface area contributed by atoms with Crippen molar-refractivity contribution in [2.75, 3.05) is 0 Å². The highest BCUT2D eigenvalue weighted by Crippen LogP contribution is 2.65. The van der Waals surface area contributed by atoms with Crippen molar-refractivity contribution < 1.29 is 12.6 Å². The summed E-state index contributed by atoms with van der Waals surface area (Å²) in [5.74, 6) is 1.75. The molecule has 186 valence electrons. The van der Waals surface area contributed by atoms with Crippen LogP contribution in [-0.4, -0.2) is 24.9 Å². The number of aryl methyl sites for hydroxylation is 1. The number of fused-ring (bicyclic) bond motifs is 5. The molecule has 0 radical (unpaired) electrons. The van der Waals surface area contributed by atoms with Crippen molar-refractivity contribution in [3.05, 3.63) is 41.5 Å². The summed E-state index contributed by atoms with van der Waals surface area (Å²) in [7, 11) is -3.77. The molecular formula is C27H38N2O3S2. The van der Waals surface area contributed by atoms with Gasteiger partial charge in [-0.05, 0) is 99.0 Å². The van der Waals surface area contributed by atoms with Gasteiger partial charge < -0.3 is 5.73 Å². The van der Waals surface area contributed by atoms with Crippen molar-refractivity contribution in [1.82, 2.24) is 0 Å². The minimum Gasteiger partial charge on any atom is -0.379 e. The van der Waals surface area contributed by atoms with Gasteiger partial charge in [0.1, 0.15) is 0 Å². The van der Waals surface area contributed by atoms with E-state index in [2.05, 4.69) is 19.9 Å². The number of hydrogen-bond donors (Lipinski definition) is 2. The standard InChI is InChI=1S/C27H38N2O3S2/c1-17-4-7-20(8-5-17)34(30,31)32-24-11-10-22-21-9-6-18-16-19(33-25(28)29)12-14-26(18,2)23(21)13-15-27(22,24)3/h4-8,19,21-24H,9-16H2,1-3H3,(H3,28,29)/t19-,21-,22-,23-,24-,26-,27-/m0/s1. The van der Waals surface area contributed by atoms with Gasteiger partial charge in [0.15, 0.2) is 5.17 Å². The van der Waals surface area contributed by atoms with Crippen molar-refractivity contribution in [1.29, 1.82) is 5.41 Å². The molecule has 3 N–H and O–H groups in total. The summed E-state index contributed by atoms with van der Waals surface area (Å²) in [6.45, 7) is 6.72. The predicted octanol–water partition coefficient (Wildman–Crippen LogP) is 6.03. The van der Waals surface area contributed by atoms with Gasteiger partial charge in [0.25, 0.3) is 10.1 Å². The molecule has 0 bridgehead atoms. The van der Waals surface area contributed by atoms with Crippen LogP contribution in [0.4, 0.5) is 0 Å². The minimum atomic E-state index is -3.77. The highest BCUT2D eigenvalue weighted by molar-refractivity contribution is 8.14. The Morgan fingerprint density at radius 1 is 1.09 bits per heavy atom. The SMILES string of the molecule is Cc1ccc(S(=O)(=O)O[C@H]2CC[C@H]3[C@@H]4CC=C5C[C@@H](SC(=N)N)CC[C@]5(C)[C@H]4CC[C@]23C)cc1. The Labute approximate surface area is 208 Å². The van der Waals surface area contributed by atoms with Gasteiger partial charge in [-0.3, -0.25) is 9.59 Å². The number of benzene rings is 1. The van der Waals surface area contributed by atoms with Crippen molar-refractivity contribution in [2.45, 2.75) is 88.4 Å². The molecule has 5 rings (SSSR count). The molecule has 0 unspecified atom stereocenters. The molecule has 0 spiro atoms. The van der Waals surface area contributed by atoms with E-state index in [0.717, 1.165) is 56.9 Å². The van der Waals surface area contributed by atoms with Crippen LogP contribution in [0, 0.1) is 40.9 Å². The van der Waals surface area contributed by atoms with Gasteiger partial charge in [-0.1, -0.05) is 55.0 Å². The molecule has 1 aromatic rings. The van der Waals surface area contributed by atoms with Gasteiger partial charge in [0, 0.05) is 5.25 Å². The maximum Gasteiger partial charge on any atom is 0.297 e. The number of amidine groups is 1. The third-order valence-electron chi connectivity index (χ3n) is 9.82. The third kappa shape index (κ3) is 4.05. The van der Waals surface area contributed by atoms with E-state index in [1.807, 2.05) is 19.1 Å². The zero-order chi connectivity index (χ0) is 24.3. The summed E-state index contributed by atoms with van der Waals surface area (Å²) in [6, 6.07) is 6.98. The third-order valence-corrected chi connectivity index (χ3v) is 12.1. The fourth-order valence-electron chi connectivity index (χ4n) is 7.93. The number of allylic oxidation sites excluding steroid dienone is 2. The first-order valence-electron chi connectivity index (χ1n) is 12.7. The Hall–Kier alpha value is -1.31. The Kier molecular flexibility index (Phi) is 6.22. The number of hydrogen-bond acceptors (Lipinski definition) is 5. The van der Waals surface area contributed by atoms with Crippen LogP contribution in [0.15, 0.2) is 40.8 Å². The molecular weight excluding hydrogens is 464 g/mol. The second-order valence-electron chi connectivity index (χ2n) is 11.6. The number of thioether (sulfide) groups is 1. The summed E-state index contributed by atoms with van der Waals surface area (Å²) in [6.07, 6.45) is 10.7. The Morgan fingerprint density at radius 3 is 2.53 bits per heavy atom. The van der Waals surface area contributed by atoms with Gasteiger partial charge >= 0.3 is 0 Å². The molecule has 0 amide bonds. The fraction of sp³-hybridized carbons (Fsp3) is 0.667. The largest absolute Gasteiger partial charge is 0.379 e. The van der Waals surface area contributed by atoms with Crippen LogP contribution in [0.25, 0.3) is 0 Å². The monoisotopic (exact) mass is 502 g/mol. The summed E-state index contributed by atoms with van der Waals surface area (Å²) in [5.41, 5.74) is 8.43. The Balaban J connectivity index is 1.35. The molecule has 4 aliphatic rings. The lowest BCUT2D eigenvalue weighted by molar-refractivity contribution is -0.0576. The molecule has 0 aliphatic heterocycles. The highest BCUT2D eigenvalue weighted by Gasteiger charge is 2.59. The van der Waals surface area contributed by atoms with Crippen molar-refractivity contribution in [3.63, 3.8) is 0 Å². The van der Waals surface area contributed by atoms with E-state index in [1.54, 1.807) is 17.7 Å². The zero-order valence-corrected chi connectivity index (χ0v) is 22.2. The molecule has 4 aliphatic carbocycles. The molecule has 3 fully saturated rings. The summed E-state index contributed by atoms with van der Waals surface area (Å²) in [4.78, 5) is 0.261. The molecule has 0 aromatic heterocycles. The van der Waals surface area contributed by atoms with E-state index in [-0.39, 0.29) is 27.0 Å². The topological polar surface area (TPSA) is 93.2 Å². The van der Waals surface area contributed by atoms with Gasteiger partial charge in [-0.25, -0.2) is 0 Å². The van der Waals surface area contributed by atoms with E-state index in [9.17, 15) is 8.42 Å². The van der Waals surface area contributed by atoms with Crippen LogP contribution in [0.2, 0.25) is 0 Å². The maximum atomic E-state index is 13.1. The number of nitrogens with one attached hydrogen (secondary N) is 1. The molecule has 3 saturated carbocycles. The molecule has 34 heavy (non-hydrogen) atoms. The quantitative estimate of drug-likeness (QED) is 0.227. The second-order valence-corrected chi connectivity index (χ2v) is 14.5. The van der Waals surface area contributed by atoms with Gasteiger partial charge in [0.05, 0.1) is 11.0 Å². The van der Waals surface area contributed by atoms with Crippen LogP contribution >= 0.6 is 11.8 Å². The lowest BCUT2D eigenvalue weighted by Crippen LogP contribution is -2.51. The normalized spacial score (nSPS) is 39.5. The first-order valence-corrected chi connectivity index (χ1v) is 15.0. The van der Waals surface area contributed by atoms with Crippen molar-refractivity contribution in [3.8, 4) is 0 Å². The van der Waals surface area contributed by atoms with Crippen molar-refractivity contribution in [2.24, 2.45) is 34.3 Å². The lowest BCUT2D eigenvalue weighted by atomic mass is 9.48. The fourth-order valence-corrected chi connectivity index (χ4v) is 9.99. The molecule has 1 aromatic carbocycles. The Bertz CT molecular complexity index is 1100. The lowest BCUT2D eigenvalue weighted by Gasteiger charge is -2.58. The summed E-state index contributed by atoms with van der Waals surface area (Å²) >= 11 is 1.53. The number of rotatable bonds is 4. The van der Waals surface area contributed by atoms with E-state index >= 15 is 0 Å². The molecule has 5 nitrogen and oxygen atoms in total. The van der Waals surface area contributed by atoms with E-state index in [0.29, 0.717) is 23.0 Å².